The number of carbonyl (C=O) groups is 1. The maximum absolute atomic E-state index is 10.6. The van der Waals surface area contributed by atoms with Crippen LogP contribution in [-0.2, 0) is 24.2 Å². The van der Waals surface area contributed by atoms with Crippen molar-refractivity contribution in [2.75, 3.05) is 13.1 Å². The summed E-state index contributed by atoms with van der Waals surface area (Å²) in [7, 11) is 0. The molecule has 1 aliphatic rings. The fraction of sp³-hybridized carbons (Fsp3) is 0.364. The predicted octanol–water partition coefficient (Wildman–Crippen LogP) is 3.98. The summed E-state index contributed by atoms with van der Waals surface area (Å²) in [6, 6.07) is 10.4. The average Bonchev–Trinajstić information content (AvgIpc) is 2.95. The van der Waals surface area contributed by atoms with Crippen LogP contribution < -0.4 is 0 Å². The van der Waals surface area contributed by atoms with Gasteiger partial charge in [-0.15, -0.1) is 0 Å². The van der Waals surface area contributed by atoms with Gasteiger partial charge in [0.1, 0.15) is 12.1 Å². The average molecular weight is 448 g/mol. The number of carboxylic acids is 1. The Morgan fingerprint density at radius 2 is 1.78 bits per heavy atom. The molecule has 3 aromatic rings. The number of hydrogen-bond acceptors (Lipinski definition) is 6. The second-order valence-corrected chi connectivity index (χ2v) is 7.40. The second-order valence-electron chi connectivity index (χ2n) is 7.40. The number of alkyl halides is 3. The summed E-state index contributed by atoms with van der Waals surface area (Å²) >= 11 is 0. The van der Waals surface area contributed by atoms with E-state index in [9.17, 15) is 13.2 Å². The minimum Gasteiger partial charge on any atom is -0.475 e. The van der Waals surface area contributed by atoms with E-state index in [1.165, 1.54) is 22.4 Å². The van der Waals surface area contributed by atoms with Gasteiger partial charge in [0.25, 0.3) is 0 Å². The van der Waals surface area contributed by atoms with Gasteiger partial charge in [0, 0.05) is 48.4 Å². The number of hydrogen-bond donors (Lipinski definition) is 1. The van der Waals surface area contributed by atoms with E-state index in [1.54, 1.807) is 6.33 Å². The number of fused-ring (bicyclic) bond motifs is 1. The molecule has 0 radical (unpaired) electrons. The van der Waals surface area contributed by atoms with Crippen LogP contribution in [-0.4, -0.2) is 50.4 Å². The van der Waals surface area contributed by atoms with Crippen LogP contribution in [0.25, 0.3) is 11.3 Å². The standard InChI is InChI=1S/C20H22N4O.C2HF3O2/c1-14-18(15(2)25-23-14)12-24-10-8-17-19(9-11-24)21-13-22-20(17)16-6-4-3-5-7-16;3-2(4,5)1(6)7/h3-7,13H,8-12H2,1-2H3;(H,6,7). The van der Waals surface area contributed by atoms with Crippen molar-refractivity contribution in [1.82, 2.24) is 20.0 Å². The number of aryl methyl sites for hydroxylation is 2. The molecule has 0 bridgehead atoms. The van der Waals surface area contributed by atoms with Crippen LogP contribution in [0.15, 0.2) is 41.2 Å². The van der Waals surface area contributed by atoms with Crippen LogP contribution in [0.2, 0.25) is 0 Å². The van der Waals surface area contributed by atoms with Crippen LogP contribution in [0, 0.1) is 13.8 Å². The molecule has 4 rings (SSSR count). The third-order valence-electron chi connectivity index (χ3n) is 5.23. The molecule has 0 saturated carbocycles. The van der Waals surface area contributed by atoms with Gasteiger partial charge in [0.15, 0.2) is 0 Å². The lowest BCUT2D eigenvalue weighted by Gasteiger charge is -2.19. The summed E-state index contributed by atoms with van der Waals surface area (Å²) in [4.78, 5) is 20.5. The Kier molecular flexibility index (Phi) is 7.24. The normalized spacial score (nSPS) is 14.2. The molecule has 32 heavy (non-hydrogen) atoms. The molecule has 10 heteroatoms. The van der Waals surface area contributed by atoms with Gasteiger partial charge in [-0.05, 0) is 20.3 Å². The number of aromatic nitrogens is 3. The van der Waals surface area contributed by atoms with Gasteiger partial charge < -0.3 is 9.63 Å². The molecular formula is C22H23F3N4O3. The number of rotatable bonds is 3. The molecule has 0 aliphatic carbocycles. The number of halogens is 3. The maximum atomic E-state index is 10.6. The second kappa shape index (κ2) is 9.90. The highest BCUT2D eigenvalue weighted by Crippen LogP contribution is 2.26. The highest BCUT2D eigenvalue weighted by atomic mass is 19.4. The lowest BCUT2D eigenvalue weighted by atomic mass is 10.0. The topological polar surface area (TPSA) is 92.4 Å². The van der Waals surface area contributed by atoms with Gasteiger partial charge in [-0.3, -0.25) is 4.90 Å². The third-order valence-corrected chi connectivity index (χ3v) is 5.23. The van der Waals surface area contributed by atoms with Crippen LogP contribution >= 0.6 is 0 Å². The highest BCUT2D eigenvalue weighted by Gasteiger charge is 2.38. The first-order valence-electron chi connectivity index (χ1n) is 9.99. The van der Waals surface area contributed by atoms with Gasteiger partial charge in [-0.25, -0.2) is 14.8 Å². The van der Waals surface area contributed by atoms with Crippen LogP contribution in [0.5, 0.6) is 0 Å². The fourth-order valence-electron chi connectivity index (χ4n) is 3.53. The first-order chi connectivity index (χ1) is 15.2. The Balaban J connectivity index is 0.000000360. The maximum Gasteiger partial charge on any atom is 0.490 e. The molecule has 0 saturated heterocycles. The Morgan fingerprint density at radius 1 is 1.12 bits per heavy atom. The predicted molar refractivity (Wildman–Crippen MR) is 110 cm³/mol. The van der Waals surface area contributed by atoms with Crippen molar-refractivity contribution in [3.63, 3.8) is 0 Å². The quantitative estimate of drug-likeness (QED) is 0.648. The lowest BCUT2D eigenvalue weighted by molar-refractivity contribution is -0.192. The molecule has 0 fully saturated rings. The van der Waals surface area contributed by atoms with Crippen molar-refractivity contribution >= 4 is 5.97 Å². The molecule has 2 aromatic heterocycles. The Hall–Kier alpha value is -3.27. The Bertz CT molecular complexity index is 1050. The van der Waals surface area contributed by atoms with E-state index in [-0.39, 0.29) is 0 Å². The smallest absolute Gasteiger partial charge is 0.475 e. The first-order valence-corrected chi connectivity index (χ1v) is 9.99. The monoisotopic (exact) mass is 448 g/mol. The minimum atomic E-state index is -5.08. The largest absolute Gasteiger partial charge is 0.490 e. The molecule has 1 aromatic carbocycles. The number of nitrogens with zero attached hydrogens (tertiary/aromatic N) is 4. The van der Waals surface area contributed by atoms with E-state index >= 15 is 0 Å². The summed E-state index contributed by atoms with van der Waals surface area (Å²) in [5, 5.41) is 11.2. The van der Waals surface area contributed by atoms with E-state index in [4.69, 9.17) is 14.4 Å². The number of aliphatic carboxylic acids is 1. The van der Waals surface area contributed by atoms with Crippen molar-refractivity contribution in [1.29, 1.82) is 0 Å². The van der Waals surface area contributed by atoms with E-state index in [0.717, 1.165) is 49.6 Å². The van der Waals surface area contributed by atoms with Crippen molar-refractivity contribution < 1.29 is 27.6 Å². The summed E-state index contributed by atoms with van der Waals surface area (Å²) in [6.07, 6.45) is -1.48. The highest BCUT2D eigenvalue weighted by molar-refractivity contribution is 5.73. The van der Waals surface area contributed by atoms with E-state index < -0.39 is 12.1 Å². The molecule has 1 N–H and O–H groups in total. The van der Waals surface area contributed by atoms with Crippen LogP contribution in [0.1, 0.15) is 28.3 Å². The van der Waals surface area contributed by atoms with Gasteiger partial charge in [0.05, 0.1) is 11.4 Å². The summed E-state index contributed by atoms with van der Waals surface area (Å²) in [6.45, 7) is 6.86. The molecule has 0 atom stereocenters. The van der Waals surface area contributed by atoms with Crippen molar-refractivity contribution in [2.45, 2.75) is 39.4 Å². The lowest BCUT2D eigenvalue weighted by Crippen LogP contribution is -2.26. The van der Waals surface area contributed by atoms with E-state index in [2.05, 4.69) is 44.3 Å². The molecular weight excluding hydrogens is 425 g/mol. The zero-order chi connectivity index (χ0) is 23.3. The minimum absolute atomic E-state index is 0.878. The zero-order valence-corrected chi connectivity index (χ0v) is 17.7. The van der Waals surface area contributed by atoms with Crippen LogP contribution in [0.3, 0.4) is 0 Å². The fourth-order valence-corrected chi connectivity index (χ4v) is 3.53. The van der Waals surface area contributed by atoms with Gasteiger partial charge >= 0.3 is 12.1 Å². The zero-order valence-electron chi connectivity index (χ0n) is 17.7. The summed E-state index contributed by atoms with van der Waals surface area (Å²) in [5.41, 5.74) is 6.90. The van der Waals surface area contributed by atoms with E-state index in [0.29, 0.717) is 0 Å². The number of carboxylic acid groups (broad SMARTS) is 1. The van der Waals surface area contributed by atoms with Crippen molar-refractivity contribution in [2.24, 2.45) is 0 Å². The molecule has 1 aliphatic heterocycles. The Morgan fingerprint density at radius 3 is 2.38 bits per heavy atom. The third kappa shape index (κ3) is 5.70. The molecule has 0 unspecified atom stereocenters. The molecule has 3 heterocycles. The molecule has 0 spiro atoms. The van der Waals surface area contributed by atoms with Gasteiger partial charge in [-0.2, -0.15) is 13.2 Å². The van der Waals surface area contributed by atoms with Crippen molar-refractivity contribution in [3.05, 3.63) is 64.9 Å². The van der Waals surface area contributed by atoms with Gasteiger partial charge in [-0.1, -0.05) is 35.5 Å². The number of benzene rings is 1. The molecule has 170 valence electrons. The first kappa shape index (κ1) is 23.4. The summed E-state index contributed by atoms with van der Waals surface area (Å²) in [5.74, 6) is -1.84. The van der Waals surface area contributed by atoms with Gasteiger partial charge in [0.2, 0.25) is 0 Å². The Labute approximate surface area is 182 Å². The summed E-state index contributed by atoms with van der Waals surface area (Å²) < 4.78 is 37.0. The molecule has 7 nitrogen and oxygen atoms in total. The van der Waals surface area contributed by atoms with E-state index in [1.807, 2.05) is 19.9 Å². The van der Waals surface area contributed by atoms with Crippen molar-refractivity contribution in [3.8, 4) is 11.3 Å². The SMILES string of the molecule is Cc1noc(C)c1CN1CCc2ncnc(-c3ccccc3)c2CC1.O=C(O)C(F)(F)F. The molecule has 0 amide bonds. The van der Waals surface area contributed by atoms with Crippen LogP contribution in [0.4, 0.5) is 13.2 Å².